The van der Waals surface area contributed by atoms with Gasteiger partial charge in [-0.15, -0.1) is 6.42 Å². The van der Waals surface area contributed by atoms with Crippen LogP contribution in [0.1, 0.15) is 10.4 Å². The van der Waals surface area contributed by atoms with E-state index >= 15 is 0 Å². The van der Waals surface area contributed by atoms with Crippen LogP contribution in [0.25, 0.3) is 0 Å². The van der Waals surface area contributed by atoms with E-state index in [1.807, 2.05) is 0 Å². The van der Waals surface area contributed by atoms with Gasteiger partial charge in [0.1, 0.15) is 10.6 Å². The molecule has 0 fully saturated rings. The van der Waals surface area contributed by atoms with Gasteiger partial charge < -0.3 is 5.11 Å². The number of nitrogens with zero attached hydrogens (tertiary/aromatic N) is 2. The standard InChI is InChI=1S/C8H8N2O2S/c1-3-4-13-7-6(8(11)12)5-9-10(7)2/h1,5H,4H2,2H3,(H,11,12). The molecule has 0 unspecified atom stereocenters. The topological polar surface area (TPSA) is 55.1 Å². The van der Waals surface area contributed by atoms with Crippen molar-refractivity contribution in [2.24, 2.45) is 7.05 Å². The predicted molar refractivity (Wildman–Crippen MR) is 49.7 cm³/mol. The van der Waals surface area contributed by atoms with Crippen molar-refractivity contribution in [1.29, 1.82) is 0 Å². The lowest BCUT2D eigenvalue weighted by Crippen LogP contribution is -1.99. The number of terminal acetylenes is 1. The Hall–Kier alpha value is -1.41. The molecule has 1 aromatic rings. The summed E-state index contributed by atoms with van der Waals surface area (Å²) in [5.74, 6) is 1.89. The summed E-state index contributed by atoms with van der Waals surface area (Å²) in [6.07, 6.45) is 6.39. The van der Waals surface area contributed by atoms with Crippen LogP contribution >= 0.6 is 11.8 Å². The van der Waals surface area contributed by atoms with Crippen LogP contribution < -0.4 is 0 Å². The lowest BCUT2D eigenvalue weighted by atomic mass is 10.4. The first kappa shape index (κ1) is 9.68. The van der Waals surface area contributed by atoms with E-state index in [0.29, 0.717) is 10.8 Å². The molecule has 0 atom stereocenters. The third kappa shape index (κ3) is 2.04. The van der Waals surface area contributed by atoms with Crippen LogP contribution in [0.2, 0.25) is 0 Å². The summed E-state index contributed by atoms with van der Waals surface area (Å²) in [5.41, 5.74) is 0.197. The van der Waals surface area contributed by atoms with Crippen molar-refractivity contribution >= 4 is 17.7 Å². The maximum Gasteiger partial charge on any atom is 0.340 e. The highest BCUT2D eigenvalue weighted by molar-refractivity contribution is 7.99. The highest BCUT2D eigenvalue weighted by Gasteiger charge is 2.14. The van der Waals surface area contributed by atoms with Crippen molar-refractivity contribution < 1.29 is 9.90 Å². The van der Waals surface area contributed by atoms with Gasteiger partial charge in [-0.1, -0.05) is 17.7 Å². The number of carbonyl (C=O) groups is 1. The van der Waals surface area contributed by atoms with Gasteiger partial charge in [0, 0.05) is 7.05 Å². The van der Waals surface area contributed by atoms with Crippen LogP contribution in [-0.4, -0.2) is 26.6 Å². The molecule has 0 radical (unpaired) electrons. The first-order chi connectivity index (χ1) is 6.16. The van der Waals surface area contributed by atoms with Crippen LogP contribution in [0.4, 0.5) is 0 Å². The fraction of sp³-hybridized carbons (Fsp3) is 0.250. The van der Waals surface area contributed by atoms with E-state index in [0.717, 1.165) is 0 Å². The van der Waals surface area contributed by atoms with E-state index in [1.165, 1.54) is 22.6 Å². The zero-order valence-electron chi connectivity index (χ0n) is 7.02. The molecule has 13 heavy (non-hydrogen) atoms. The fourth-order valence-corrected chi connectivity index (χ4v) is 1.60. The molecule has 0 saturated heterocycles. The molecule has 0 aliphatic carbocycles. The highest BCUT2D eigenvalue weighted by atomic mass is 32.2. The third-order valence-electron chi connectivity index (χ3n) is 1.41. The Morgan fingerprint density at radius 1 is 1.92 bits per heavy atom. The van der Waals surface area contributed by atoms with Gasteiger partial charge in [0.05, 0.1) is 11.9 Å². The molecule has 1 aromatic heterocycles. The summed E-state index contributed by atoms with van der Waals surface area (Å²) >= 11 is 1.29. The van der Waals surface area contributed by atoms with Crippen LogP contribution in [0, 0.1) is 12.3 Å². The number of carboxylic acid groups (broad SMARTS) is 1. The first-order valence-electron chi connectivity index (χ1n) is 3.48. The Bertz CT molecular complexity index is 365. The summed E-state index contributed by atoms with van der Waals surface area (Å²) in [4.78, 5) is 10.7. The minimum absolute atomic E-state index is 0.197. The number of hydrogen-bond acceptors (Lipinski definition) is 3. The Balaban J connectivity index is 2.96. The van der Waals surface area contributed by atoms with E-state index in [1.54, 1.807) is 7.05 Å². The number of hydrogen-bond donors (Lipinski definition) is 1. The molecule has 1 rings (SSSR count). The second-order valence-electron chi connectivity index (χ2n) is 2.28. The quantitative estimate of drug-likeness (QED) is 0.575. The average Bonchev–Trinajstić information content (AvgIpc) is 2.43. The zero-order chi connectivity index (χ0) is 9.84. The molecular formula is C8H8N2O2S. The number of aromatic nitrogens is 2. The van der Waals surface area contributed by atoms with E-state index < -0.39 is 5.97 Å². The van der Waals surface area contributed by atoms with Gasteiger partial charge in [0.15, 0.2) is 0 Å². The molecule has 4 nitrogen and oxygen atoms in total. The fourth-order valence-electron chi connectivity index (χ4n) is 0.854. The number of carboxylic acids is 1. The van der Waals surface area contributed by atoms with E-state index in [-0.39, 0.29) is 5.56 Å². The molecule has 0 spiro atoms. The van der Waals surface area contributed by atoms with E-state index in [4.69, 9.17) is 11.5 Å². The first-order valence-corrected chi connectivity index (χ1v) is 4.47. The molecule has 0 saturated carbocycles. The monoisotopic (exact) mass is 196 g/mol. The second-order valence-corrected chi connectivity index (χ2v) is 3.25. The van der Waals surface area contributed by atoms with Crippen LogP contribution in [0.3, 0.4) is 0 Å². The Morgan fingerprint density at radius 2 is 2.62 bits per heavy atom. The van der Waals surface area contributed by atoms with Gasteiger partial charge in [-0.25, -0.2) is 4.79 Å². The van der Waals surface area contributed by atoms with Crippen LogP contribution in [0.15, 0.2) is 11.2 Å². The normalized spacial score (nSPS) is 9.54. The number of aromatic carboxylic acids is 1. The van der Waals surface area contributed by atoms with Crippen molar-refractivity contribution in [3.05, 3.63) is 11.8 Å². The van der Waals surface area contributed by atoms with E-state index in [9.17, 15) is 4.79 Å². The molecule has 68 valence electrons. The maximum atomic E-state index is 10.7. The molecular weight excluding hydrogens is 188 g/mol. The SMILES string of the molecule is C#CCSc1c(C(=O)O)cnn1C. The van der Waals surface area contributed by atoms with Gasteiger partial charge >= 0.3 is 5.97 Å². The lowest BCUT2D eigenvalue weighted by Gasteiger charge is -1.99. The van der Waals surface area contributed by atoms with Gasteiger partial charge in [-0.2, -0.15) is 5.10 Å². The molecule has 0 amide bonds. The van der Waals surface area contributed by atoms with Gasteiger partial charge in [-0.05, 0) is 0 Å². The number of rotatable bonds is 3. The number of aryl methyl sites for hydroxylation is 1. The zero-order valence-corrected chi connectivity index (χ0v) is 7.84. The van der Waals surface area contributed by atoms with Crippen LogP contribution in [0.5, 0.6) is 0 Å². The van der Waals surface area contributed by atoms with Crippen molar-refractivity contribution in [1.82, 2.24) is 9.78 Å². The average molecular weight is 196 g/mol. The smallest absolute Gasteiger partial charge is 0.340 e. The van der Waals surface area contributed by atoms with Gasteiger partial charge in [0.25, 0.3) is 0 Å². The molecule has 0 aliphatic rings. The number of thioether (sulfide) groups is 1. The Morgan fingerprint density at radius 3 is 3.15 bits per heavy atom. The van der Waals surface area contributed by atoms with Gasteiger partial charge in [-0.3, -0.25) is 4.68 Å². The van der Waals surface area contributed by atoms with Crippen molar-refractivity contribution in [3.63, 3.8) is 0 Å². The lowest BCUT2D eigenvalue weighted by molar-refractivity contribution is 0.0692. The molecule has 0 aliphatic heterocycles. The predicted octanol–water partition coefficient (Wildman–Crippen LogP) is 0.844. The minimum Gasteiger partial charge on any atom is -0.478 e. The second kappa shape index (κ2) is 4.01. The molecule has 0 aromatic carbocycles. The molecule has 1 N–H and O–H groups in total. The maximum absolute atomic E-state index is 10.7. The Kier molecular flexibility index (Phi) is 2.98. The van der Waals surface area contributed by atoms with Crippen molar-refractivity contribution in [2.45, 2.75) is 5.03 Å². The third-order valence-corrected chi connectivity index (χ3v) is 2.48. The summed E-state index contributed by atoms with van der Waals surface area (Å²) in [6.45, 7) is 0. The molecule has 0 bridgehead atoms. The largest absolute Gasteiger partial charge is 0.478 e. The summed E-state index contributed by atoms with van der Waals surface area (Å²) < 4.78 is 1.51. The van der Waals surface area contributed by atoms with Crippen molar-refractivity contribution in [2.75, 3.05) is 5.75 Å². The molecule has 5 heteroatoms. The Labute approximate surface area is 79.9 Å². The highest BCUT2D eigenvalue weighted by Crippen LogP contribution is 2.21. The summed E-state index contributed by atoms with van der Waals surface area (Å²) in [5, 5.41) is 13.2. The van der Waals surface area contributed by atoms with Crippen LogP contribution in [-0.2, 0) is 7.05 Å². The minimum atomic E-state index is -0.979. The van der Waals surface area contributed by atoms with Gasteiger partial charge in [0.2, 0.25) is 0 Å². The van der Waals surface area contributed by atoms with Crippen molar-refractivity contribution in [3.8, 4) is 12.3 Å². The summed E-state index contributed by atoms with van der Waals surface area (Å²) in [7, 11) is 1.69. The van der Waals surface area contributed by atoms with E-state index in [2.05, 4.69) is 11.0 Å². The summed E-state index contributed by atoms with van der Waals surface area (Å²) in [6, 6.07) is 0. The molecule has 1 heterocycles.